The minimum atomic E-state index is -1.12. The van der Waals surface area contributed by atoms with Crippen molar-refractivity contribution in [1.29, 1.82) is 0 Å². The van der Waals surface area contributed by atoms with Crippen LogP contribution in [0.4, 0.5) is 0 Å². The van der Waals surface area contributed by atoms with Crippen molar-refractivity contribution >= 4 is 17.8 Å². The molecular weight excluding hydrogens is 200 g/mol. The zero-order chi connectivity index (χ0) is 12.1. The average Bonchev–Trinajstić information content (AvgIpc) is 2.13. The summed E-state index contributed by atoms with van der Waals surface area (Å²) >= 11 is 0. The number of carbonyl (C=O) groups is 3. The van der Waals surface area contributed by atoms with Crippen LogP contribution in [0, 0.1) is 5.41 Å². The van der Waals surface area contributed by atoms with Gasteiger partial charge in [0.2, 0.25) is 11.8 Å². The van der Waals surface area contributed by atoms with Crippen LogP contribution in [0.1, 0.15) is 20.3 Å². The van der Waals surface area contributed by atoms with Crippen molar-refractivity contribution < 1.29 is 19.5 Å². The number of hydrogen-bond donors (Lipinski definition) is 3. The van der Waals surface area contributed by atoms with Crippen LogP contribution in [0.5, 0.6) is 0 Å². The molecule has 0 saturated heterocycles. The zero-order valence-corrected chi connectivity index (χ0v) is 9.09. The summed E-state index contributed by atoms with van der Waals surface area (Å²) in [6.45, 7) is 2.77. The van der Waals surface area contributed by atoms with Crippen LogP contribution >= 0.6 is 0 Å². The molecule has 0 unspecified atom stereocenters. The van der Waals surface area contributed by atoms with Crippen LogP contribution < -0.4 is 10.6 Å². The third kappa shape index (κ3) is 4.99. The molecule has 0 aromatic carbocycles. The highest BCUT2D eigenvalue weighted by molar-refractivity contribution is 5.87. The summed E-state index contributed by atoms with van der Waals surface area (Å²) in [6, 6.07) is 0. The fraction of sp³-hybridized carbons (Fsp3) is 0.667. The maximum Gasteiger partial charge on any atom is 0.309 e. The van der Waals surface area contributed by atoms with Gasteiger partial charge >= 0.3 is 5.97 Å². The van der Waals surface area contributed by atoms with Crippen molar-refractivity contribution in [2.45, 2.75) is 20.3 Å². The van der Waals surface area contributed by atoms with E-state index in [1.165, 1.54) is 20.9 Å². The van der Waals surface area contributed by atoms with E-state index in [0.717, 1.165) is 0 Å². The van der Waals surface area contributed by atoms with Crippen molar-refractivity contribution in [3.8, 4) is 0 Å². The SMILES string of the molecule is CNC(=O)CNC(=O)CC(C)(C)C(=O)O. The molecule has 2 amide bonds. The molecule has 6 heteroatoms. The second-order valence-corrected chi connectivity index (χ2v) is 3.82. The van der Waals surface area contributed by atoms with Crippen molar-refractivity contribution in [3.63, 3.8) is 0 Å². The largest absolute Gasteiger partial charge is 0.481 e. The fourth-order valence-electron chi connectivity index (χ4n) is 0.807. The van der Waals surface area contributed by atoms with Gasteiger partial charge in [0, 0.05) is 13.5 Å². The van der Waals surface area contributed by atoms with E-state index < -0.39 is 17.3 Å². The van der Waals surface area contributed by atoms with Gasteiger partial charge in [0.1, 0.15) is 0 Å². The molecule has 0 spiro atoms. The molecule has 86 valence electrons. The molecule has 0 bridgehead atoms. The third-order valence-corrected chi connectivity index (χ3v) is 1.91. The fourth-order valence-corrected chi connectivity index (χ4v) is 0.807. The summed E-state index contributed by atoms with van der Waals surface area (Å²) in [5, 5.41) is 13.4. The van der Waals surface area contributed by atoms with E-state index in [9.17, 15) is 14.4 Å². The van der Waals surface area contributed by atoms with Crippen LogP contribution in [-0.2, 0) is 14.4 Å². The number of likely N-dealkylation sites (N-methyl/N-ethyl adjacent to an activating group) is 1. The first-order valence-corrected chi connectivity index (χ1v) is 4.50. The van der Waals surface area contributed by atoms with Crippen molar-refractivity contribution in [2.24, 2.45) is 5.41 Å². The van der Waals surface area contributed by atoms with Gasteiger partial charge in [-0.05, 0) is 13.8 Å². The number of rotatable bonds is 5. The van der Waals surface area contributed by atoms with Crippen LogP contribution in [0.15, 0.2) is 0 Å². The van der Waals surface area contributed by atoms with Gasteiger partial charge in [-0.25, -0.2) is 0 Å². The van der Waals surface area contributed by atoms with Crippen LogP contribution in [0.2, 0.25) is 0 Å². The minimum absolute atomic E-state index is 0.134. The smallest absolute Gasteiger partial charge is 0.309 e. The Morgan fingerprint density at radius 2 is 1.73 bits per heavy atom. The summed E-state index contributed by atoms with van der Waals surface area (Å²) in [4.78, 5) is 32.7. The number of nitrogens with one attached hydrogen (secondary N) is 2. The lowest BCUT2D eigenvalue weighted by atomic mass is 9.89. The first kappa shape index (κ1) is 13.4. The van der Waals surface area contributed by atoms with Gasteiger partial charge < -0.3 is 15.7 Å². The molecule has 0 fully saturated rings. The Morgan fingerprint density at radius 1 is 1.20 bits per heavy atom. The topological polar surface area (TPSA) is 95.5 Å². The molecule has 6 nitrogen and oxygen atoms in total. The monoisotopic (exact) mass is 216 g/mol. The van der Waals surface area contributed by atoms with E-state index >= 15 is 0 Å². The van der Waals surface area contributed by atoms with Gasteiger partial charge in [-0.2, -0.15) is 0 Å². The predicted molar refractivity (Wildman–Crippen MR) is 53.1 cm³/mol. The standard InChI is InChI=1S/C9H16N2O4/c1-9(2,8(14)15)4-6(12)11-5-7(13)10-3/h4-5H2,1-3H3,(H,10,13)(H,11,12)(H,14,15). The quantitative estimate of drug-likeness (QED) is 0.569. The molecule has 0 aromatic heterocycles. The zero-order valence-electron chi connectivity index (χ0n) is 9.09. The molecule has 0 aliphatic heterocycles. The van der Waals surface area contributed by atoms with E-state index in [1.54, 1.807) is 0 Å². The van der Waals surface area contributed by atoms with Crippen molar-refractivity contribution in [3.05, 3.63) is 0 Å². The highest BCUT2D eigenvalue weighted by atomic mass is 16.4. The Balaban J connectivity index is 4.04. The second-order valence-electron chi connectivity index (χ2n) is 3.82. The first-order chi connectivity index (χ1) is 6.79. The average molecular weight is 216 g/mol. The Bertz CT molecular complexity index is 273. The summed E-state index contributed by atoms with van der Waals surface area (Å²) in [5.74, 6) is -1.82. The van der Waals surface area contributed by atoms with Gasteiger partial charge in [-0.3, -0.25) is 14.4 Å². The van der Waals surface area contributed by atoms with Gasteiger partial charge in [0.15, 0.2) is 0 Å². The molecule has 0 radical (unpaired) electrons. The summed E-state index contributed by atoms with van der Waals surface area (Å²) in [7, 11) is 1.45. The maximum absolute atomic E-state index is 11.2. The minimum Gasteiger partial charge on any atom is -0.481 e. The number of hydrogen-bond acceptors (Lipinski definition) is 3. The molecule has 0 heterocycles. The van der Waals surface area contributed by atoms with Crippen LogP contribution in [0.25, 0.3) is 0 Å². The summed E-state index contributed by atoms with van der Waals surface area (Å²) < 4.78 is 0. The van der Waals surface area contributed by atoms with Crippen molar-refractivity contribution in [2.75, 3.05) is 13.6 Å². The number of carbonyl (C=O) groups excluding carboxylic acids is 2. The van der Waals surface area contributed by atoms with Gasteiger partial charge in [0.25, 0.3) is 0 Å². The summed E-state index contributed by atoms with van der Waals surface area (Å²) in [6.07, 6.45) is -0.153. The van der Waals surface area contributed by atoms with E-state index in [2.05, 4.69) is 10.6 Å². The number of carboxylic acids is 1. The Morgan fingerprint density at radius 3 is 2.13 bits per heavy atom. The number of carboxylic acid groups (broad SMARTS) is 1. The highest BCUT2D eigenvalue weighted by Crippen LogP contribution is 2.19. The lowest BCUT2D eigenvalue weighted by Gasteiger charge is -2.17. The molecule has 15 heavy (non-hydrogen) atoms. The van der Waals surface area contributed by atoms with Crippen molar-refractivity contribution in [1.82, 2.24) is 10.6 Å². The molecule has 0 atom stereocenters. The van der Waals surface area contributed by atoms with E-state index in [0.29, 0.717) is 0 Å². The number of aliphatic carboxylic acids is 1. The highest BCUT2D eigenvalue weighted by Gasteiger charge is 2.30. The molecule has 0 rings (SSSR count). The number of amides is 2. The Kier molecular flexibility index (Phi) is 4.77. The first-order valence-electron chi connectivity index (χ1n) is 4.50. The molecule has 0 aliphatic rings. The molecule has 0 aromatic rings. The molecule has 3 N–H and O–H groups in total. The van der Waals surface area contributed by atoms with Crippen LogP contribution in [0.3, 0.4) is 0 Å². The molecule has 0 saturated carbocycles. The van der Waals surface area contributed by atoms with E-state index in [4.69, 9.17) is 5.11 Å². The van der Waals surface area contributed by atoms with Gasteiger partial charge in [-0.1, -0.05) is 0 Å². The lowest BCUT2D eigenvalue weighted by molar-refractivity contribution is -0.149. The predicted octanol–water partition coefficient (Wildman–Crippen LogP) is -0.651. The molecule has 0 aliphatic carbocycles. The van der Waals surface area contributed by atoms with Crippen LogP contribution in [-0.4, -0.2) is 36.5 Å². The Hall–Kier alpha value is -1.59. The normalized spacial score (nSPS) is 10.6. The maximum atomic E-state index is 11.2. The second kappa shape index (κ2) is 5.33. The summed E-state index contributed by atoms with van der Waals surface area (Å²) in [5.41, 5.74) is -1.12. The Labute approximate surface area is 88.0 Å². The third-order valence-electron chi connectivity index (χ3n) is 1.91. The van der Waals surface area contributed by atoms with Gasteiger partial charge in [-0.15, -0.1) is 0 Å². The van der Waals surface area contributed by atoms with Gasteiger partial charge in [0.05, 0.1) is 12.0 Å². The van der Waals surface area contributed by atoms with E-state index in [-0.39, 0.29) is 18.9 Å². The van der Waals surface area contributed by atoms with E-state index in [1.807, 2.05) is 0 Å². The lowest BCUT2D eigenvalue weighted by Crippen LogP contribution is -2.38. The molecular formula is C9H16N2O4.